The monoisotopic (exact) mass is 226 g/mol. The van der Waals surface area contributed by atoms with E-state index in [4.69, 9.17) is 0 Å². The summed E-state index contributed by atoms with van der Waals surface area (Å²) in [4.78, 5) is 2.45. The second-order valence-corrected chi connectivity index (χ2v) is 5.60. The van der Waals surface area contributed by atoms with Crippen LogP contribution in [0.15, 0.2) is 0 Å². The van der Waals surface area contributed by atoms with Gasteiger partial charge in [-0.2, -0.15) is 0 Å². The van der Waals surface area contributed by atoms with E-state index < -0.39 is 5.60 Å². The first kappa shape index (κ1) is 12.3. The predicted octanol–water partition coefficient (Wildman–Crippen LogP) is 1.22. The number of aliphatic hydroxyl groups is 1. The zero-order valence-corrected chi connectivity index (χ0v) is 10.5. The highest BCUT2D eigenvalue weighted by Gasteiger charge is 2.32. The Morgan fingerprint density at radius 3 is 2.50 bits per heavy atom. The third kappa shape index (κ3) is 3.19. The summed E-state index contributed by atoms with van der Waals surface area (Å²) in [6, 6.07) is 0. The molecule has 1 saturated carbocycles. The van der Waals surface area contributed by atoms with Crippen molar-refractivity contribution in [1.82, 2.24) is 10.2 Å². The molecule has 0 bridgehead atoms. The molecule has 2 aliphatic rings. The largest absolute Gasteiger partial charge is 0.388 e. The van der Waals surface area contributed by atoms with Crippen LogP contribution < -0.4 is 5.32 Å². The molecule has 3 nitrogen and oxygen atoms in total. The molecule has 1 aliphatic heterocycles. The van der Waals surface area contributed by atoms with Crippen molar-refractivity contribution < 1.29 is 5.11 Å². The van der Waals surface area contributed by atoms with Gasteiger partial charge in [0.2, 0.25) is 0 Å². The maximum Gasteiger partial charge on any atom is 0.0798 e. The molecular formula is C13H26N2O. The van der Waals surface area contributed by atoms with Gasteiger partial charge in [0.25, 0.3) is 0 Å². The molecule has 94 valence electrons. The molecule has 0 aromatic rings. The minimum atomic E-state index is -0.426. The average Bonchev–Trinajstić information content (AvgIpc) is 2.22. The summed E-state index contributed by atoms with van der Waals surface area (Å²) in [7, 11) is 0. The van der Waals surface area contributed by atoms with Crippen LogP contribution in [0.4, 0.5) is 0 Å². The Labute approximate surface area is 99.2 Å². The lowest BCUT2D eigenvalue weighted by Gasteiger charge is -2.39. The fourth-order valence-corrected chi connectivity index (χ4v) is 2.81. The molecule has 2 fully saturated rings. The molecule has 0 spiro atoms. The van der Waals surface area contributed by atoms with Crippen molar-refractivity contribution in [2.75, 3.05) is 32.7 Å². The third-order valence-electron chi connectivity index (χ3n) is 4.24. The summed E-state index contributed by atoms with van der Waals surface area (Å²) in [5.74, 6) is 0.908. The van der Waals surface area contributed by atoms with Crippen LogP contribution in [0.2, 0.25) is 0 Å². The minimum Gasteiger partial charge on any atom is -0.388 e. The molecule has 0 aromatic heterocycles. The van der Waals surface area contributed by atoms with Gasteiger partial charge in [0.1, 0.15) is 0 Å². The minimum absolute atomic E-state index is 0.426. The quantitative estimate of drug-likeness (QED) is 0.740. The number of nitrogens with zero attached hydrogens (tertiary/aromatic N) is 1. The molecule has 0 unspecified atom stereocenters. The smallest absolute Gasteiger partial charge is 0.0798 e. The zero-order chi connectivity index (χ0) is 11.4. The first-order chi connectivity index (χ1) is 7.72. The van der Waals surface area contributed by atoms with E-state index in [1.807, 2.05) is 0 Å². The van der Waals surface area contributed by atoms with Gasteiger partial charge in [-0.15, -0.1) is 0 Å². The Bertz CT molecular complexity index is 210. The summed E-state index contributed by atoms with van der Waals surface area (Å²) in [5, 5.41) is 13.8. The van der Waals surface area contributed by atoms with Gasteiger partial charge >= 0.3 is 0 Å². The van der Waals surface area contributed by atoms with E-state index in [0.717, 1.165) is 44.9 Å². The van der Waals surface area contributed by atoms with Gasteiger partial charge < -0.3 is 15.3 Å². The summed E-state index contributed by atoms with van der Waals surface area (Å²) < 4.78 is 0. The van der Waals surface area contributed by atoms with Gasteiger partial charge in [0.05, 0.1) is 5.60 Å². The molecule has 2 rings (SSSR count). The van der Waals surface area contributed by atoms with Gasteiger partial charge in [-0.25, -0.2) is 0 Å². The summed E-state index contributed by atoms with van der Waals surface area (Å²) >= 11 is 0. The Hall–Kier alpha value is -0.120. The molecular weight excluding hydrogens is 200 g/mol. The Morgan fingerprint density at radius 1 is 1.31 bits per heavy atom. The van der Waals surface area contributed by atoms with E-state index in [-0.39, 0.29) is 0 Å². The van der Waals surface area contributed by atoms with E-state index >= 15 is 0 Å². The molecule has 0 aromatic carbocycles. The summed E-state index contributed by atoms with van der Waals surface area (Å²) in [5.41, 5.74) is -0.426. The van der Waals surface area contributed by atoms with E-state index in [9.17, 15) is 5.11 Å². The van der Waals surface area contributed by atoms with Crippen LogP contribution in [0.3, 0.4) is 0 Å². The second-order valence-electron chi connectivity index (χ2n) is 5.60. The van der Waals surface area contributed by atoms with Crippen LogP contribution in [0.5, 0.6) is 0 Å². The number of piperidine rings is 1. The summed E-state index contributed by atoms with van der Waals surface area (Å²) in [6.45, 7) is 7.30. The zero-order valence-electron chi connectivity index (χ0n) is 10.5. The first-order valence-electron chi connectivity index (χ1n) is 6.87. The van der Waals surface area contributed by atoms with Crippen LogP contribution in [0, 0.1) is 5.92 Å². The second kappa shape index (κ2) is 5.48. The average molecular weight is 226 g/mol. The van der Waals surface area contributed by atoms with E-state index in [2.05, 4.69) is 17.1 Å². The topological polar surface area (TPSA) is 35.5 Å². The van der Waals surface area contributed by atoms with Crippen LogP contribution in [-0.4, -0.2) is 48.3 Å². The van der Waals surface area contributed by atoms with Crippen molar-refractivity contribution >= 4 is 0 Å². The van der Waals surface area contributed by atoms with E-state index in [1.165, 1.54) is 25.8 Å². The third-order valence-corrected chi connectivity index (χ3v) is 4.24. The van der Waals surface area contributed by atoms with Gasteiger partial charge in [0.15, 0.2) is 0 Å². The highest BCUT2D eigenvalue weighted by molar-refractivity contribution is 4.88. The van der Waals surface area contributed by atoms with Crippen LogP contribution >= 0.6 is 0 Å². The van der Waals surface area contributed by atoms with E-state index in [0.29, 0.717) is 0 Å². The van der Waals surface area contributed by atoms with Crippen molar-refractivity contribution in [3.63, 3.8) is 0 Å². The highest BCUT2D eigenvalue weighted by Crippen LogP contribution is 2.28. The molecule has 1 saturated heterocycles. The Kier molecular flexibility index (Phi) is 4.22. The molecule has 0 radical (unpaired) electrons. The van der Waals surface area contributed by atoms with Gasteiger partial charge in [-0.3, -0.25) is 0 Å². The van der Waals surface area contributed by atoms with Crippen LogP contribution in [-0.2, 0) is 0 Å². The normalized spacial score (nSPS) is 25.7. The van der Waals surface area contributed by atoms with Gasteiger partial charge in [-0.05, 0) is 51.2 Å². The lowest BCUT2D eigenvalue weighted by atomic mass is 9.84. The van der Waals surface area contributed by atoms with Crippen molar-refractivity contribution in [3.8, 4) is 0 Å². The van der Waals surface area contributed by atoms with Crippen molar-refractivity contribution in [1.29, 1.82) is 0 Å². The molecule has 2 N–H and O–H groups in total. The van der Waals surface area contributed by atoms with Crippen LogP contribution in [0.1, 0.15) is 39.0 Å². The number of likely N-dealkylation sites (N-methyl/N-ethyl adjacent to an activating group) is 1. The molecule has 16 heavy (non-hydrogen) atoms. The molecule has 1 aliphatic carbocycles. The number of nitrogens with one attached hydrogen (secondary N) is 1. The van der Waals surface area contributed by atoms with Gasteiger partial charge in [0, 0.05) is 13.1 Å². The van der Waals surface area contributed by atoms with E-state index in [1.54, 1.807) is 0 Å². The van der Waals surface area contributed by atoms with Crippen molar-refractivity contribution in [2.24, 2.45) is 5.92 Å². The SMILES string of the molecule is CCN(CC1CCC1)CC1(O)CCNCC1. The number of hydrogen-bond donors (Lipinski definition) is 2. The van der Waals surface area contributed by atoms with Gasteiger partial charge in [-0.1, -0.05) is 13.3 Å². The Balaban J connectivity index is 1.79. The molecule has 3 heteroatoms. The number of hydrogen-bond acceptors (Lipinski definition) is 3. The number of rotatable bonds is 5. The standard InChI is InChI=1S/C13H26N2O/c1-2-15(10-12-4-3-5-12)11-13(16)6-8-14-9-7-13/h12,14,16H,2-11H2,1H3. The maximum absolute atomic E-state index is 10.5. The summed E-state index contributed by atoms with van der Waals surface area (Å²) in [6.07, 6.45) is 6.03. The fraction of sp³-hybridized carbons (Fsp3) is 1.00. The van der Waals surface area contributed by atoms with Crippen LogP contribution in [0.25, 0.3) is 0 Å². The predicted molar refractivity (Wildman–Crippen MR) is 66.5 cm³/mol. The Morgan fingerprint density at radius 2 is 2.00 bits per heavy atom. The fourth-order valence-electron chi connectivity index (χ4n) is 2.81. The lowest BCUT2D eigenvalue weighted by molar-refractivity contribution is -0.0252. The molecule has 0 atom stereocenters. The van der Waals surface area contributed by atoms with Crippen molar-refractivity contribution in [2.45, 2.75) is 44.6 Å². The first-order valence-corrected chi connectivity index (χ1v) is 6.87. The highest BCUT2D eigenvalue weighted by atomic mass is 16.3. The molecule has 0 amide bonds. The molecule has 1 heterocycles. The maximum atomic E-state index is 10.5. The van der Waals surface area contributed by atoms with Crippen molar-refractivity contribution in [3.05, 3.63) is 0 Å². The lowest BCUT2D eigenvalue weighted by Crippen LogP contribution is -2.50.